The normalized spacial score (nSPS) is 12.2. The molecule has 0 bridgehead atoms. The number of aliphatic hydroxyl groups is 1. The summed E-state index contributed by atoms with van der Waals surface area (Å²) >= 11 is 0. The minimum Gasteiger partial charge on any atom is -0.389 e. The number of rotatable bonds is 7. The van der Waals surface area contributed by atoms with E-state index in [-0.39, 0.29) is 5.91 Å². The van der Waals surface area contributed by atoms with Crippen molar-refractivity contribution in [3.63, 3.8) is 0 Å². The number of aliphatic hydroxyl groups excluding tert-OH is 1. The van der Waals surface area contributed by atoms with Crippen LogP contribution >= 0.6 is 0 Å². The highest BCUT2D eigenvalue weighted by Gasteiger charge is 2.05. The zero-order valence-corrected chi connectivity index (χ0v) is 11.3. The number of amides is 1. The van der Waals surface area contributed by atoms with Gasteiger partial charge in [0, 0.05) is 12.1 Å². The molecule has 0 aliphatic carbocycles. The lowest BCUT2D eigenvalue weighted by molar-refractivity contribution is -0.116. The van der Waals surface area contributed by atoms with Gasteiger partial charge in [-0.3, -0.25) is 4.79 Å². The van der Waals surface area contributed by atoms with Crippen molar-refractivity contribution in [3.8, 4) is 0 Å². The van der Waals surface area contributed by atoms with E-state index in [1.165, 1.54) is 12.8 Å². The monoisotopic (exact) mass is 249 g/mol. The summed E-state index contributed by atoms with van der Waals surface area (Å²) in [5.41, 5.74) is 1.58. The molecule has 1 rings (SSSR count). The minimum absolute atomic E-state index is 0.0499. The van der Waals surface area contributed by atoms with Crippen LogP contribution in [0.2, 0.25) is 0 Å². The van der Waals surface area contributed by atoms with Gasteiger partial charge in [-0.05, 0) is 31.0 Å². The Labute approximate surface area is 109 Å². The van der Waals surface area contributed by atoms with Gasteiger partial charge in [0.15, 0.2) is 0 Å². The van der Waals surface area contributed by atoms with Crippen LogP contribution in [0.1, 0.15) is 57.6 Å². The SMILES string of the molecule is CCCCCCC(=O)Nc1cccc(C(C)O)c1. The second-order valence-corrected chi connectivity index (χ2v) is 4.66. The van der Waals surface area contributed by atoms with Gasteiger partial charge in [0.05, 0.1) is 6.10 Å². The van der Waals surface area contributed by atoms with Crippen LogP contribution in [0.5, 0.6) is 0 Å². The molecule has 0 aromatic heterocycles. The molecule has 0 aliphatic heterocycles. The number of hydrogen-bond donors (Lipinski definition) is 2. The molecular weight excluding hydrogens is 226 g/mol. The average molecular weight is 249 g/mol. The first-order valence-corrected chi connectivity index (χ1v) is 6.71. The molecule has 2 N–H and O–H groups in total. The fourth-order valence-corrected chi connectivity index (χ4v) is 1.81. The molecule has 0 aliphatic rings. The van der Waals surface area contributed by atoms with Gasteiger partial charge in [-0.15, -0.1) is 0 Å². The van der Waals surface area contributed by atoms with Gasteiger partial charge in [-0.25, -0.2) is 0 Å². The predicted octanol–water partition coefficient (Wildman–Crippen LogP) is 3.65. The largest absolute Gasteiger partial charge is 0.389 e. The summed E-state index contributed by atoms with van der Waals surface area (Å²) in [5.74, 6) is 0.0499. The molecule has 1 aromatic rings. The van der Waals surface area contributed by atoms with E-state index >= 15 is 0 Å². The van der Waals surface area contributed by atoms with E-state index in [1.54, 1.807) is 6.92 Å². The Morgan fingerprint density at radius 3 is 2.78 bits per heavy atom. The molecule has 0 radical (unpaired) electrons. The van der Waals surface area contributed by atoms with Gasteiger partial charge in [-0.1, -0.05) is 38.3 Å². The molecule has 1 unspecified atom stereocenters. The molecule has 1 aromatic carbocycles. The summed E-state index contributed by atoms with van der Waals surface area (Å²) in [6.07, 6.45) is 4.47. The number of benzene rings is 1. The number of nitrogens with one attached hydrogen (secondary N) is 1. The van der Waals surface area contributed by atoms with E-state index in [9.17, 15) is 9.90 Å². The van der Waals surface area contributed by atoms with Crippen LogP contribution in [0.3, 0.4) is 0 Å². The molecule has 18 heavy (non-hydrogen) atoms. The first kappa shape index (κ1) is 14.7. The lowest BCUT2D eigenvalue weighted by atomic mass is 10.1. The molecule has 1 atom stereocenters. The number of carbonyl (C=O) groups is 1. The van der Waals surface area contributed by atoms with E-state index in [0.29, 0.717) is 6.42 Å². The summed E-state index contributed by atoms with van der Waals surface area (Å²) in [7, 11) is 0. The number of carbonyl (C=O) groups excluding carboxylic acids is 1. The smallest absolute Gasteiger partial charge is 0.224 e. The molecule has 100 valence electrons. The van der Waals surface area contributed by atoms with Gasteiger partial charge in [0.2, 0.25) is 5.91 Å². The van der Waals surface area contributed by atoms with Crippen LogP contribution in [-0.2, 0) is 4.79 Å². The van der Waals surface area contributed by atoms with Crippen molar-refractivity contribution in [1.29, 1.82) is 0 Å². The Hall–Kier alpha value is -1.35. The molecule has 0 spiro atoms. The summed E-state index contributed by atoms with van der Waals surface area (Å²) in [4.78, 5) is 11.7. The third-order valence-corrected chi connectivity index (χ3v) is 2.91. The van der Waals surface area contributed by atoms with Crippen LogP contribution in [-0.4, -0.2) is 11.0 Å². The van der Waals surface area contributed by atoms with E-state index in [1.807, 2.05) is 24.3 Å². The number of unbranched alkanes of at least 4 members (excludes halogenated alkanes) is 3. The molecule has 0 saturated heterocycles. The molecule has 3 nitrogen and oxygen atoms in total. The van der Waals surface area contributed by atoms with E-state index < -0.39 is 6.10 Å². The van der Waals surface area contributed by atoms with Crippen molar-refractivity contribution in [2.24, 2.45) is 0 Å². The van der Waals surface area contributed by atoms with E-state index in [2.05, 4.69) is 12.2 Å². The second-order valence-electron chi connectivity index (χ2n) is 4.66. The van der Waals surface area contributed by atoms with Crippen molar-refractivity contribution >= 4 is 11.6 Å². The Balaban J connectivity index is 2.41. The molecule has 0 heterocycles. The van der Waals surface area contributed by atoms with Gasteiger partial charge in [0.25, 0.3) is 0 Å². The highest BCUT2D eigenvalue weighted by Crippen LogP contribution is 2.17. The Kier molecular flexibility index (Phi) is 6.44. The topological polar surface area (TPSA) is 49.3 Å². The fraction of sp³-hybridized carbons (Fsp3) is 0.533. The van der Waals surface area contributed by atoms with Gasteiger partial charge in [0.1, 0.15) is 0 Å². The molecule has 3 heteroatoms. The van der Waals surface area contributed by atoms with Gasteiger partial charge < -0.3 is 10.4 Å². The average Bonchev–Trinajstić information content (AvgIpc) is 2.35. The quantitative estimate of drug-likeness (QED) is 0.725. The van der Waals surface area contributed by atoms with Gasteiger partial charge in [-0.2, -0.15) is 0 Å². The van der Waals surface area contributed by atoms with E-state index in [4.69, 9.17) is 0 Å². The van der Waals surface area contributed by atoms with Crippen molar-refractivity contribution in [2.45, 2.75) is 52.1 Å². The third kappa shape index (κ3) is 5.32. The highest BCUT2D eigenvalue weighted by atomic mass is 16.3. The number of hydrogen-bond acceptors (Lipinski definition) is 2. The maximum Gasteiger partial charge on any atom is 0.224 e. The van der Waals surface area contributed by atoms with Crippen molar-refractivity contribution < 1.29 is 9.90 Å². The molecule has 0 fully saturated rings. The van der Waals surface area contributed by atoms with Crippen LogP contribution < -0.4 is 5.32 Å². The Morgan fingerprint density at radius 2 is 2.11 bits per heavy atom. The van der Waals surface area contributed by atoms with Crippen molar-refractivity contribution in [2.75, 3.05) is 5.32 Å². The lowest BCUT2D eigenvalue weighted by Gasteiger charge is -2.09. The second kappa shape index (κ2) is 7.88. The molecular formula is C15H23NO2. The fourth-order valence-electron chi connectivity index (χ4n) is 1.81. The van der Waals surface area contributed by atoms with E-state index in [0.717, 1.165) is 24.1 Å². The number of anilines is 1. The van der Waals surface area contributed by atoms with Crippen LogP contribution in [0, 0.1) is 0 Å². The summed E-state index contributed by atoms with van der Waals surface area (Å²) < 4.78 is 0. The Morgan fingerprint density at radius 1 is 1.33 bits per heavy atom. The summed E-state index contributed by atoms with van der Waals surface area (Å²) in [6.45, 7) is 3.87. The summed E-state index contributed by atoms with van der Waals surface area (Å²) in [6, 6.07) is 7.35. The third-order valence-electron chi connectivity index (χ3n) is 2.91. The van der Waals surface area contributed by atoms with Gasteiger partial charge >= 0.3 is 0 Å². The zero-order chi connectivity index (χ0) is 13.4. The first-order valence-electron chi connectivity index (χ1n) is 6.71. The lowest BCUT2D eigenvalue weighted by Crippen LogP contribution is -2.11. The van der Waals surface area contributed by atoms with Crippen molar-refractivity contribution in [1.82, 2.24) is 0 Å². The Bertz CT molecular complexity index is 375. The first-order chi connectivity index (χ1) is 8.63. The zero-order valence-electron chi connectivity index (χ0n) is 11.3. The predicted molar refractivity (Wildman–Crippen MR) is 74.5 cm³/mol. The van der Waals surface area contributed by atoms with Crippen molar-refractivity contribution in [3.05, 3.63) is 29.8 Å². The maximum absolute atomic E-state index is 11.7. The van der Waals surface area contributed by atoms with Crippen LogP contribution in [0.25, 0.3) is 0 Å². The standard InChI is InChI=1S/C15H23NO2/c1-3-4-5-6-10-15(18)16-14-9-7-8-13(11-14)12(2)17/h7-9,11-12,17H,3-6,10H2,1-2H3,(H,16,18). The highest BCUT2D eigenvalue weighted by molar-refractivity contribution is 5.90. The van der Waals surface area contributed by atoms with Crippen LogP contribution in [0.15, 0.2) is 24.3 Å². The minimum atomic E-state index is -0.508. The summed E-state index contributed by atoms with van der Waals surface area (Å²) in [5, 5.41) is 12.3. The van der Waals surface area contributed by atoms with Crippen LogP contribution in [0.4, 0.5) is 5.69 Å². The molecule has 1 amide bonds. The maximum atomic E-state index is 11.7. The molecule has 0 saturated carbocycles.